The summed E-state index contributed by atoms with van der Waals surface area (Å²) >= 11 is 0. The number of likely N-dealkylation sites (tertiary alicyclic amines) is 1. The second kappa shape index (κ2) is 8.54. The van der Waals surface area contributed by atoms with Gasteiger partial charge in [-0.2, -0.15) is 5.26 Å². The number of ketones is 1. The second-order valence-electron chi connectivity index (χ2n) is 6.50. The van der Waals surface area contributed by atoms with Crippen molar-refractivity contribution in [3.63, 3.8) is 0 Å². The summed E-state index contributed by atoms with van der Waals surface area (Å²) in [6, 6.07) is 10.4. The number of carbonyl (C=O) groups is 2. The van der Waals surface area contributed by atoms with Crippen LogP contribution in [0.15, 0.2) is 48.0 Å². The Morgan fingerprint density at radius 1 is 1.23 bits per heavy atom. The van der Waals surface area contributed by atoms with E-state index in [-0.39, 0.29) is 16.8 Å². The molecule has 1 amide bonds. The summed E-state index contributed by atoms with van der Waals surface area (Å²) in [5.74, 6) is -1.91. The fraction of sp³-hybridized carbons (Fsp3) is 0.190. The van der Waals surface area contributed by atoms with E-state index in [4.69, 9.17) is 9.47 Å². The van der Waals surface area contributed by atoms with Crippen LogP contribution in [0.25, 0.3) is 5.76 Å². The molecule has 1 aliphatic rings. The summed E-state index contributed by atoms with van der Waals surface area (Å²) in [5, 5.41) is 31.2. The topological polar surface area (TPSA) is 143 Å². The average molecular weight is 423 g/mol. The van der Waals surface area contributed by atoms with Gasteiger partial charge in [0.05, 0.1) is 36.8 Å². The minimum atomic E-state index is -1.16. The number of aliphatic hydroxyl groups is 1. The van der Waals surface area contributed by atoms with Crippen molar-refractivity contribution in [2.24, 2.45) is 0 Å². The lowest BCUT2D eigenvalue weighted by molar-refractivity contribution is -0.384. The molecule has 2 aromatic carbocycles. The van der Waals surface area contributed by atoms with Crippen LogP contribution >= 0.6 is 0 Å². The maximum absolute atomic E-state index is 12.8. The average Bonchev–Trinajstić information content (AvgIpc) is 3.03. The van der Waals surface area contributed by atoms with Gasteiger partial charge in [-0.15, -0.1) is 0 Å². The van der Waals surface area contributed by atoms with Crippen LogP contribution in [0.1, 0.15) is 17.2 Å². The van der Waals surface area contributed by atoms with Gasteiger partial charge < -0.3 is 19.5 Å². The molecule has 2 aromatic rings. The molecule has 10 heteroatoms. The molecule has 0 aromatic heterocycles. The molecular formula is C21H17N3O7. The molecule has 1 N–H and O–H groups in total. The van der Waals surface area contributed by atoms with Crippen LogP contribution in [0.2, 0.25) is 0 Å². The summed E-state index contributed by atoms with van der Waals surface area (Å²) < 4.78 is 10.6. The molecule has 0 spiro atoms. The minimum absolute atomic E-state index is 0.0176. The van der Waals surface area contributed by atoms with Crippen molar-refractivity contribution in [2.75, 3.05) is 20.8 Å². The Bertz CT molecular complexity index is 1150. The molecule has 1 unspecified atom stereocenters. The number of nitro benzene ring substituents is 1. The van der Waals surface area contributed by atoms with Gasteiger partial charge in [-0.25, -0.2) is 0 Å². The molecule has 0 aliphatic carbocycles. The van der Waals surface area contributed by atoms with E-state index in [9.17, 15) is 30.1 Å². The first-order valence-corrected chi connectivity index (χ1v) is 8.96. The Morgan fingerprint density at radius 3 is 2.58 bits per heavy atom. The maximum atomic E-state index is 12.8. The predicted octanol–water partition coefficient (Wildman–Crippen LogP) is 2.56. The Morgan fingerprint density at radius 2 is 1.97 bits per heavy atom. The third kappa shape index (κ3) is 3.76. The maximum Gasteiger partial charge on any atom is 0.296 e. The van der Waals surface area contributed by atoms with Gasteiger partial charge in [0.2, 0.25) is 0 Å². The Balaban J connectivity index is 2.29. The monoisotopic (exact) mass is 423 g/mol. The number of carbonyl (C=O) groups excluding carboxylic acids is 2. The Labute approximate surface area is 176 Å². The fourth-order valence-corrected chi connectivity index (χ4v) is 3.42. The molecule has 1 fully saturated rings. The van der Waals surface area contributed by atoms with Crippen LogP contribution in [-0.4, -0.2) is 47.4 Å². The first-order valence-electron chi connectivity index (χ1n) is 8.96. The van der Waals surface area contributed by atoms with E-state index in [2.05, 4.69) is 0 Å². The number of Topliss-reactive ketones (excluding diaryl/α,β-unsaturated/α-hetero) is 1. The molecule has 1 heterocycles. The highest BCUT2D eigenvalue weighted by molar-refractivity contribution is 6.46. The molecule has 0 bridgehead atoms. The molecule has 1 saturated heterocycles. The fourth-order valence-electron chi connectivity index (χ4n) is 3.42. The molecule has 3 rings (SSSR count). The van der Waals surface area contributed by atoms with Crippen molar-refractivity contribution >= 4 is 23.1 Å². The van der Waals surface area contributed by atoms with Crippen molar-refractivity contribution < 1.29 is 29.1 Å². The SMILES string of the molecule is COc1ccc(OC)c(C2/C(=C(\O)c3cccc([N+](=O)[O-])c3)C(=O)C(=O)N2CC#N)c1. The molecular weight excluding hydrogens is 406 g/mol. The van der Waals surface area contributed by atoms with Crippen molar-refractivity contribution in [2.45, 2.75) is 6.04 Å². The molecule has 0 saturated carbocycles. The zero-order chi connectivity index (χ0) is 22.7. The summed E-state index contributed by atoms with van der Waals surface area (Å²) in [4.78, 5) is 37.0. The van der Waals surface area contributed by atoms with Crippen LogP contribution in [-0.2, 0) is 9.59 Å². The highest BCUT2D eigenvalue weighted by atomic mass is 16.6. The van der Waals surface area contributed by atoms with Crippen LogP contribution in [0.3, 0.4) is 0 Å². The van der Waals surface area contributed by atoms with Crippen molar-refractivity contribution in [1.29, 1.82) is 5.26 Å². The van der Waals surface area contributed by atoms with E-state index in [1.807, 2.05) is 6.07 Å². The largest absolute Gasteiger partial charge is 0.507 e. The summed E-state index contributed by atoms with van der Waals surface area (Å²) in [6.45, 7) is -0.429. The van der Waals surface area contributed by atoms with Gasteiger partial charge in [0.1, 0.15) is 23.8 Å². The number of non-ortho nitro benzene ring substituents is 1. The number of rotatable bonds is 6. The van der Waals surface area contributed by atoms with Crippen LogP contribution in [0, 0.1) is 21.4 Å². The zero-order valence-corrected chi connectivity index (χ0v) is 16.6. The van der Waals surface area contributed by atoms with Crippen molar-refractivity contribution in [3.8, 4) is 17.6 Å². The number of hydrogen-bond acceptors (Lipinski definition) is 8. The van der Waals surface area contributed by atoms with E-state index in [0.29, 0.717) is 17.1 Å². The number of methoxy groups -OCH3 is 2. The number of nitriles is 1. The quantitative estimate of drug-likeness (QED) is 0.186. The van der Waals surface area contributed by atoms with Gasteiger partial charge in [0.15, 0.2) is 0 Å². The smallest absolute Gasteiger partial charge is 0.296 e. The van der Waals surface area contributed by atoms with Crippen LogP contribution in [0.4, 0.5) is 5.69 Å². The minimum Gasteiger partial charge on any atom is -0.507 e. The number of nitrogens with zero attached hydrogens (tertiary/aromatic N) is 3. The molecule has 31 heavy (non-hydrogen) atoms. The lowest BCUT2D eigenvalue weighted by Gasteiger charge is -2.24. The Kier molecular flexibility index (Phi) is 5.88. The lowest BCUT2D eigenvalue weighted by Crippen LogP contribution is -2.30. The first kappa shape index (κ1) is 21.3. The van der Waals surface area contributed by atoms with Crippen molar-refractivity contribution in [3.05, 3.63) is 69.3 Å². The molecule has 158 valence electrons. The summed E-state index contributed by atoms with van der Waals surface area (Å²) in [6.07, 6.45) is 0. The van der Waals surface area contributed by atoms with Gasteiger partial charge in [0, 0.05) is 23.3 Å². The molecule has 0 radical (unpaired) electrons. The second-order valence-corrected chi connectivity index (χ2v) is 6.50. The lowest BCUT2D eigenvalue weighted by atomic mass is 9.94. The Hall–Kier alpha value is -4.39. The number of hydrogen-bond donors (Lipinski definition) is 1. The third-order valence-corrected chi connectivity index (χ3v) is 4.84. The number of benzene rings is 2. The highest BCUT2D eigenvalue weighted by Gasteiger charge is 2.47. The van der Waals surface area contributed by atoms with Crippen LogP contribution < -0.4 is 9.47 Å². The summed E-state index contributed by atoms with van der Waals surface area (Å²) in [5.41, 5.74) is -0.322. The van der Waals surface area contributed by atoms with Gasteiger partial charge in [-0.05, 0) is 18.2 Å². The molecule has 10 nitrogen and oxygen atoms in total. The van der Waals surface area contributed by atoms with Crippen LogP contribution in [0.5, 0.6) is 11.5 Å². The zero-order valence-electron chi connectivity index (χ0n) is 16.6. The van der Waals surface area contributed by atoms with E-state index in [1.165, 1.54) is 38.5 Å². The van der Waals surface area contributed by atoms with Gasteiger partial charge in [-0.1, -0.05) is 12.1 Å². The van der Waals surface area contributed by atoms with E-state index in [1.54, 1.807) is 12.1 Å². The highest BCUT2D eigenvalue weighted by Crippen LogP contribution is 2.43. The predicted molar refractivity (Wildman–Crippen MR) is 107 cm³/mol. The molecule has 1 atom stereocenters. The standard InChI is InChI=1S/C21H17N3O7/c1-30-14-6-7-16(31-2)15(11-14)18-17(20(26)21(27)23(18)9-8-22)19(25)12-4-3-5-13(10-12)24(28)29/h3-7,10-11,18,25H,9H2,1-2H3/b19-17+. The first-order chi connectivity index (χ1) is 14.8. The normalized spacial score (nSPS) is 17.3. The number of ether oxygens (including phenoxy) is 2. The van der Waals surface area contributed by atoms with E-state index < -0.39 is 35.0 Å². The van der Waals surface area contributed by atoms with E-state index in [0.717, 1.165) is 11.0 Å². The van der Waals surface area contributed by atoms with Gasteiger partial charge in [0.25, 0.3) is 17.4 Å². The van der Waals surface area contributed by atoms with Gasteiger partial charge in [-0.3, -0.25) is 19.7 Å². The van der Waals surface area contributed by atoms with E-state index >= 15 is 0 Å². The van der Waals surface area contributed by atoms with Gasteiger partial charge >= 0.3 is 0 Å². The number of amides is 1. The van der Waals surface area contributed by atoms with Crippen molar-refractivity contribution in [1.82, 2.24) is 4.90 Å². The number of nitro groups is 1. The third-order valence-electron chi connectivity index (χ3n) is 4.84. The molecule has 1 aliphatic heterocycles. The summed E-state index contributed by atoms with van der Waals surface area (Å²) in [7, 11) is 2.82. The number of aliphatic hydroxyl groups excluding tert-OH is 1.